The number of fused-ring (bicyclic) bond motifs is 12. The maximum Gasteiger partial charge on any atom is 0.294 e. The van der Waals surface area contributed by atoms with Crippen LogP contribution in [-0.2, 0) is 29.1 Å². The molecule has 28 heteroatoms. The van der Waals surface area contributed by atoms with Gasteiger partial charge in [0, 0.05) is 157 Å². The molecule has 0 saturated carbocycles. The van der Waals surface area contributed by atoms with Gasteiger partial charge < -0.3 is 48.2 Å². The number of aryl methyl sites for hydroxylation is 3. The second-order valence-electron chi connectivity index (χ2n) is 28.9. The highest BCUT2D eigenvalue weighted by atomic mass is 35.5. The van der Waals surface area contributed by atoms with Crippen LogP contribution in [0.25, 0.3) is 0 Å². The standard InChI is InChI=1S/C27H24ClFN2O2.C21H16ClN3O3.C20H15ClN4O2S.C20H14ClN3O3/c1-2-3-4-18-5-14-23-24(17-18)27(20-8-10-21(28)11-9-20)30(15-16-31(27)26(23)33)25(32)19-6-12-22(29)13-7-19;1-13-12-18(23-28-13)20(27)25-11-10-24-19(26)16-4-2-3-5-17(16)21(24,25)14-6-8-15(22)9-7-14;1-12-17(28-23-22-12)19(27)25-11-10-24-18(26)15-4-2-3-5-16(15)20(24,25)13-6-8-14(21)9-7-13;21-14-7-5-13(6-8-14)20-16-4-2-1-3-15(16)18(25)23(20)11-12-24(20)19(26)17-9-10-22-27-17/h5-14,17H,2-4,15-16H2,1H3;2-9,12H,10-11H2,1H3;2-9H,10-11H2,1H3;1-10H,11-12H2. The van der Waals surface area contributed by atoms with Crippen LogP contribution in [0.15, 0.2) is 240 Å². The van der Waals surface area contributed by atoms with E-state index in [1.54, 1.807) is 120 Å². The first-order chi connectivity index (χ1) is 56.2. The number of aromatic nitrogens is 4. The Labute approximate surface area is 688 Å². The highest BCUT2D eigenvalue weighted by molar-refractivity contribution is 7.08. The fraction of sp³-hybridized carbons (Fsp3) is 0.205. The average Bonchev–Trinajstić information content (AvgIpc) is 1.55. The molecule has 582 valence electrons. The van der Waals surface area contributed by atoms with Crippen molar-refractivity contribution in [2.24, 2.45) is 0 Å². The van der Waals surface area contributed by atoms with E-state index in [4.69, 9.17) is 55.4 Å². The molecule has 11 heterocycles. The second kappa shape index (κ2) is 30.2. The van der Waals surface area contributed by atoms with Crippen molar-refractivity contribution in [3.05, 3.63) is 362 Å². The zero-order chi connectivity index (χ0) is 80.7. The molecule has 20 rings (SSSR count). The maximum atomic E-state index is 13.8. The minimum Gasteiger partial charge on any atom is -0.361 e. The summed E-state index contributed by atoms with van der Waals surface area (Å²) >= 11 is 25.6. The number of unbranched alkanes of at least 4 members (excludes halogenated alkanes) is 1. The normalized spacial score (nSPS) is 20.1. The Bertz CT molecular complexity index is 5940. The third-order valence-electron chi connectivity index (χ3n) is 22.8. The lowest BCUT2D eigenvalue weighted by Crippen LogP contribution is -2.51. The molecule has 0 bridgehead atoms. The summed E-state index contributed by atoms with van der Waals surface area (Å²) in [5, 5.41) is 13.9. The number of carbonyl (C=O) groups excluding carboxylic acids is 8. The average molecular weight is 1650 g/mol. The fourth-order valence-electron chi connectivity index (χ4n) is 17.9. The Morgan fingerprint density at radius 3 is 1.22 bits per heavy atom. The number of hydrogen-bond acceptors (Lipinski definition) is 15. The molecular weight excluding hydrogens is 1580 g/mol. The zero-order valence-corrected chi connectivity index (χ0v) is 66.3. The van der Waals surface area contributed by atoms with Gasteiger partial charge in [0.15, 0.2) is 28.3 Å². The van der Waals surface area contributed by atoms with Crippen LogP contribution >= 0.6 is 57.9 Å². The molecule has 0 spiro atoms. The van der Waals surface area contributed by atoms with Crippen LogP contribution in [0.5, 0.6) is 0 Å². The van der Waals surface area contributed by atoms with Gasteiger partial charge in [0.05, 0.1) is 11.9 Å². The lowest BCUT2D eigenvalue weighted by molar-refractivity contribution is 0.0341. The van der Waals surface area contributed by atoms with E-state index in [1.807, 2.05) is 121 Å². The van der Waals surface area contributed by atoms with Crippen molar-refractivity contribution in [2.45, 2.75) is 62.7 Å². The van der Waals surface area contributed by atoms with Gasteiger partial charge in [0.25, 0.3) is 47.3 Å². The van der Waals surface area contributed by atoms with Crippen LogP contribution in [-0.4, -0.2) is 159 Å². The van der Waals surface area contributed by atoms with Crippen LogP contribution in [0.2, 0.25) is 20.1 Å². The summed E-state index contributed by atoms with van der Waals surface area (Å²) < 4.78 is 27.6. The van der Waals surface area contributed by atoms with E-state index in [2.05, 4.69) is 32.9 Å². The first kappa shape index (κ1) is 76.4. The molecule has 22 nitrogen and oxygen atoms in total. The summed E-state index contributed by atoms with van der Waals surface area (Å²) in [5.41, 5.74) is 7.10. The third-order valence-corrected chi connectivity index (χ3v) is 24.6. The van der Waals surface area contributed by atoms with Crippen LogP contribution in [0, 0.1) is 19.7 Å². The van der Waals surface area contributed by atoms with E-state index in [0.29, 0.717) is 117 Å². The Hall–Kier alpha value is -12.2. The molecule has 0 radical (unpaired) electrons. The largest absolute Gasteiger partial charge is 0.361 e. The van der Waals surface area contributed by atoms with Crippen molar-refractivity contribution in [3.63, 3.8) is 0 Å². The quantitative estimate of drug-likeness (QED) is 0.117. The van der Waals surface area contributed by atoms with E-state index >= 15 is 0 Å². The van der Waals surface area contributed by atoms with Crippen molar-refractivity contribution in [1.29, 1.82) is 0 Å². The van der Waals surface area contributed by atoms with Gasteiger partial charge in [0.2, 0.25) is 5.76 Å². The molecular formula is C88H69Cl4FN12O10S. The lowest BCUT2D eigenvalue weighted by atomic mass is 9.87. The van der Waals surface area contributed by atoms with E-state index in [0.717, 1.165) is 80.9 Å². The molecule has 8 aliphatic rings. The van der Waals surface area contributed by atoms with E-state index in [1.165, 1.54) is 36.5 Å². The molecule has 8 aliphatic heterocycles. The maximum absolute atomic E-state index is 13.8. The first-order valence-electron chi connectivity index (χ1n) is 37.6. The number of nitrogens with zero attached hydrogens (tertiary/aromatic N) is 12. The van der Waals surface area contributed by atoms with Crippen molar-refractivity contribution in [3.8, 4) is 0 Å². The highest BCUT2D eigenvalue weighted by Gasteiger charge is 2.64. The molecule has 0 N–H and O–H groups in total. The number of hydrogen-bond donors (Lipinski definition) is 0. The van der Waals surface area contributed by atoms with Gasteiger partial charge in [-0.1, -0.05) is 190 Å². The molecule has 4 atom stereocenters. The number of carbonyl (C=O) groups is 8. The fourth-order valence-corrected chi connectivity index (χ4v) is 19.0. The minimum atomic E-state index is -1.06. The zero-order valence-electron chi connectivity index (χ0n) is 62.5. The molecule has 12 aromatic rings. The van der Waals surface area contributed by atoms with Crippen LogP contribution in [0.1, 0.15) is 164 Å². The van der Waals surface area contributed by atoms with E-state index in [-0.39, 0.29) is 58.7 Å². The number of halogens is 5. The molecule has 4 unspecified atom stereocenters. The summed E-state index contributed by atoms with van der Waals surface area (Å²) in [6, 6.07) is 66.2. The predicted octanol–water partition coefficient (Wildman–Crippen LogP) is 15.5. The third kappa shape index (κ3) is 12.0. The van der Waals surface area contributed by atoms with Gasteiger partial charge in [-0.15, -0.1) is 5.10 Å². The van der Waals surface area contributed by atoms with Gasteiger partial charge in [-0.3, -0.25) is 38.4 Å². The summed E-state index contributed by atoms with van der Waals surface area (Å²) in [4.78, 5) is 121. The van der Waals surface area contributed by atoms with Crippen LogP contribution in [0.4, 0.5) is 4.39 Å². The molecule has 3 aromatic heterocycles. The van der Waals surface area contributed by atoms with Gasteiger partial charge in [-0.25, -0.2) is 4.39 Å². The smallest absolute Gasteiger partial charge is 0.294 e. The molecule has 4 saturated heterocycles. The summed E-state index contributed by atoms with van der Waals surface area (Å²) in [6.07, 6.45) is 4.45. The number of rotatable bonds is 11. The van der Waals surface area contributed by atoms with E-state index < -0.39 is 28.5 Å². The van der Waals surface area contributed by atoms with Gasteiger partial charge in [-0.05, 0) is 141 Å². The Balaban J connectivity index is 0.000000112. The molecule has 4 fully saturated rings. The minimum absolute atomic E-state index is 0.0694. The molecule has 116 heavy (non-hydrogen) atoms. The number of benzene rings is 9. The summed E-state index contributed by atoms with van der Waals surface area (Å²) in [7, 11) is 0. The van der Waals surface area contributed by atoms with Gasteiger partial charge >= 0.3 is 0 Å². The Kier molecular flexibility index (Phi) is 19.9. The van der Waals surface area contributed by atoms with Gasteiger partial charge in [-0.2, -0.15) is 0 Å². The lowest BCUT2D eigenvalue weighted by Gasteiger charge is -2.40. The second-order valence-corrected chi connectivity index (χ2v) is 31.4. The Morgan fingerprint density at radius 2 is 0.836 bits per heavy atom. The SMILES string of the molecule is CCCCc1ccc2c(c1)C1(c3ccc(Cl)cc3)N(C(=O)c3ccc(F)cc3)CCN1C2=O.Cc1cc(C(=O)N2CCN3C(=O)c4ccccc4C23c2ccc(Cl)cc2)no1.Cc1nnsc1C(=O)N1CCN2C(=O)c3ccccc3C21c1ccc(Cl)cc1.O=C(c1ccno1)N1CCN2C(=O)c3ccccc3C12c1ccc(Cl)cc1. The Morgan fingerprint density at radius 1 is 0.440 bits per heavy atom. The van der Waals surface area contributed by atoms with Crippen molar-refractivity contribution < 1.29 is 51.8 Å². The highest BCUT2D eigenvalue weighted by Crippen LogP contribution is 2.55. The molecule has 8 amide bonds. The van der Waals surface area contributed by atoms with Crippen molar-refractivity contribution in [1.82, 2.24) is 59.1 Å². The first-order valence-corrected chi connectivity index (χ1v) is 39.9. The summed E-state index contributed by atoms with van der Waals surface area (Å²) in [5.74, 6) is -1.04. The molecule has 9 aromatic carbocycles. The van der Waals surface area contributed by atoms with Crippen molar-refractivity contribution >= 4 is 105 Å². The van der Waals surface area contributed by atoms with Crippen molar-refractivity contribution in [2.75, 3.05) is 52.4 Å². The number of amides is 8. The monoisotopic (exact) mass is 1640 g/mol. The topological polar surface area (TPSA) is 240 Å². The van der Waals surface area contributed by atoms with Crippen LogP contribution in [0.3, 0.4) is 0 Å². The van der Waals surface area contributed by atoms with Crippen LogP contribution < -0.4 is 0 Å². The predicted molar refractivity (Wildman–Crippen MR) is 430 cm³/mol. The summed E-state index contributed by atoms with van der Waals surface area (Å²) in [6.45, 7) is 8.97. The molecule has 0 aliphatic carbocycles. The van der Waals surface area contributed by atoms with E-state index in [9.17, 15) is 42.7 Å². The van der Waals surface area contributed by atoms with Gasteiger partial charge in [0.1, 0.15) is 16.5 Å².